The Labute approximate surface area is 168 Å². The fourth-order valence-electron chi connectivity index (χ4n) is 3.21. The number of ether oxygens (including phenoxy) is 2. The molecule has 28 heavy (non-hydrogen) atoms. The number of morpholine rings is 1. The summed E-state index contributed by atoms with van der Waals surface area (Å²) in [4.78, 5) is 14.8. The lowest BCUT2D eigenvalue weighted by atomic mass is 10.0. The summed E-state index contributed by atoms with van der Waals surface area (Å²) in [5.41, 5.74) is 0. The predicted molar refractivity (Wildman–Crippen MR) is 108 cm³/mol. The van der Waals surface area contributed by atoms with Gasteiger partial charge < -0.3 is 14.8 Å². The molecule has 8 heteroatoms. The fourth-order valence-corrected chi connectivity index (χ4v) is 3.84. The van der Waals surface area contributed by atoms with E-state index in [0.717, 1.165) is 26.3 Å². The van der Waals surface area contributed by atoms with Crippen LogP contribution in [0.2, 0.25) is 0 Å². The van der Waals surface area contributed by atoms with Gasteiger partial charge in [-0.1, -0.05) is 13.8 Å². The Balaban J connectivity index is 1.67. The molecule has 1 aliphatic rings. The molecule has 1 fully saturated rings. The average Bonchev–Trinajstić information content (AvgIpc) is 2.65. The Morgan fingerprint density at radius 3 is 2.43 bits per heavy atom. The molecule has 0 spiro atoms. The highest BCUT2D eigenvalue weighted by Gasteiger charge is 2.24. The number of nitrogens with one attached hydrogen (secondary N) is 1. The van der Waals surface area contributed by atoms with Crippen LogP contribution in [0.15, 0.2) is 29.2 Å². The van der Waals surface area contributed by atoms with Gasteiger partial charge in [-0.3, -0.25) is 9.69 Å². The minimum Gasteiger partial charge on any atom is -0.494 e. The van der Waals surface area contributed by atoms with Crippen molar-refractivity contribution < 1.29 is 22.7 Å². The summed E-state index contributed by atoms with van der Waals surface area (Å²) in [5.74, 6) is 1.08. The molecule has 0 bridgehead atoms. The van der Waals surface area contributed by atoms with Crippen molar-refractivity contribution in [2.45, 2.75) is 37.6 Å². The standard InChI is InChI=1S/C20H32N2O5S/c1-16(2)19(22-10-13-26-14-11-22)15-21-20(23)5-4-12-27-17-6-8-18(9-7-17)28(3,24)25/h6-9,16,19H,4-5,10-15H2,1-3H3,(H,21,23). The Bertz CT molecular complexity index is 713. The van der Waals surface area contributed by atoms with Crippen molar-refractivity contribution in [1.29, 1.82) is 0 Å². The third kappa shape index (κ3) is 7.41. The van der Waals surface area contributed by atoms with Crippen molar-refractivity contribution in [2.75, 3.05) is 45.7 Å². The van der Waals surface area contributed by atoms with Crippen LogP contribution < -0.4 is 10.1 Å². The zero-order valence-electron chi connectivity index (χ0n) is 17.0. The van der Waals surface area contributed by atoms with E-state index >= 15 is 0 Å². The minimum absolute atomic E-state index is 0.0231. The summed E-state index contributed by atoms with van der Waals surface area (Å²) in [6.45, 7) is 8.71. The SMILES string of the molecule is CC(C)C(CNC(=O)CCCOc1ccc(S(C)(=O)=O)cc1)N1CCOCC1. The summed E-state index contributed by atoms with van der Waals surface area (Å²) in [7, 11) is -3.20. The van der Waals surface area contributed by atoms with Crippen LogP contribution in [0, 0.1) is 5.92 Å². The molecular weight excluding hydrogens is 380 g/mol. The molecule has 1 aromatic rings. The summed E-state index contributed by atoms with van der Waals surface area (Å²) in [6.07, 6.45) is 2.17. The van der Waals surface area contributed by atoms with E-state index in [-0.39, 0.29) is 10.8 Å². The monoisotopic (exact) mass is 412 g/mol. The highest BCUT2D eigenvalue weighted by atomic mass is 32.2. The Morgan fingerprint density at radius 1 is 1.21 bits per heavy atom. The lowest BCUT2D eigenvalue weighted by Crippen LogP contribution is -2.51. The Hall–Kier alpha value is -1.64. The zero-order valence-corrected chi connectivity index (χ0v) is 17.8. The van der Waals surface area contributed by atoms with Gasteiger partial charge in [0.1, 0.15) is 5.75 Å². The van der Waals surface area contributed by atoms with E-state index in [1.54, 1.807) is 12.1 Å². The number of rotatable bonds is 10. The van der Waals surface area contributed by atoms with Crippen molar-refractivity contribution in [3.8, 4) is 5.75 Å². The highest BCUT2D eigenvalue weighted by Crippen LogP contribution is 2.16. The van der Waals surface area contributed by atoms with Crippen LogP contribution in [0.3, 0.4) is 0 Å². The number of sulfone groups is 1. The van der Waals surface area contributed by atoms with Crippen LogP contribution in [0.5, 0.6) is 5.75 Å². The molecule has 0 aromatic heterocycles. The maximum atomic E-state index is 12.1. The number of carbonyl (C=O) groups is 1. The molecule has 1 aromatic carbocycles. The van der Waals surface area contributed by atoms with E-state index < -0.39 is 9.84 Å². The first-order chi connectivity index (χ1) is 13.3. The van der Waals surface area contributed by atoms with Crippen LogP contribution in [0.4, 0.5) is 0 Å². The molecule has 0 radical (unpaired) electrons. The number of hydrogen-bond acceptors (Lipinski definition) is 6. The number of amides is 1. The molecule has 158 valence electrons. The molecule has 0 aliphatic carbocycles. The number of carbonyl (C=O) groups excluding carboxylic acids is 1. The van der Waals surface area contributed by atoms with E-state index in [1.807, 2.05) is 0 Å². The van der Waals surface area contributed by atoms with Crippen molar-refractivity contribution in [1.82, 2.24) is 10.2 Å². The van der Waals surface area contributed by atoms with Crippen molar-refractivity contribution in [3.05, 3.63) is 24.3 Å². The Kier molecular flexibility index (Phi) is 8.72. The summed E-state index contributed by atoms with van der Waals surface area (Å²) in [6, 6.07) is 6.62. The van der Waals surface area contributed by atoms with Gasteiger partial charge in [0.05, 0.1) is 24.7 Å². The number of hydrogen-bond donors (Lipinski definition) is 1. The predicted octanol–water partition coefficient (Wildman–Crippen LogP) is 1.72. The summed E-state index contributed by atoms with van der Waals surface area (Å²) >= 11 is 0. The molecule has 1 N–H and O–H groups in total. The number of benzene rings is 1. The van der Waals surface area contributed by atoms with Gasteiger partial charge in [0.15, 0.2) is 9.84 Å². The molecule has 1 atom stereocenters. The molecule has 0 saturated carbocycles. The van der Waals surface area contributed by atoms with Gasteiger partial charge in [-0.2, -0.15) is 0 Å². The van der Waals surface area contributed by atoms with Gasteiger partial charge in [-0.05, 0) is 36.6 Å². The second-order valence-electron chi connectivity index (χ2n) is 7.46. The first-order valence-corrected chi connectivity index (χ1v) is 11.7. The van der Waals surface area contributed by atoms with E-state index in [9.17, 15) is 13.2 Å². The van der Waals surface area contributed by atoms with Crippen LogP contribution in [0.25, 0.3) is 0 Å². The summed E-state index contributed by atoms with van der Waals surface area (Å²) < 4.78 is 33.9. The normalized spacial score (nSPS) is 16.7. The van der Waals surface area contributed by atoms with Gasteiger partial charge >= 0.3 is 0 Å². The third-order valence-corrected chi connectivity index (χ3v) is 5.99. The van der Waals surface area contributed by atoms with E-state index in [0.29, 0.717) is 43.7 Å². The molecule has 1 aliphatic heterocycles. The van der Waals surface area contributed by atoms with Gasteiger partial charge in [0.2, 0.25) is 5.91 Å². The average molecular weight is 413 g/mol. The van der Waals surface area contributed by atoms with Crippen molar-refractivity contribution in [2.24, 2.45) is 5.92 Å². The maximum absolute atomic E-state index is 12.1. The van der Waals surface area contributed by atoms with Gasteiger partial charge in [0, 0.05) is 38.4 Å². The van der Waals surface area contributed by atoms with Crippen molar-refractivity contribution in [3.63, 3.8) is 0 Å². The van der Waals surface area contributed by atoms with Gasteiger partial charge in [0.25, 0.3) is 0 Å². The maximum Gasteiger partial charge on any atom is 0.220 e. The lowest BCUT2D eigenvalue weighted by molar-refractivity contribution is -0.121. The van der Waals surface area contributed by atoms with Crippen molar-refractivity contribution >= 4 is 15.7 Å². The molecule has 1 heterocycles. The number of nitrogens with zero attached hydrogens (tertiary/aromatic N) is 1. The van der Waals surface area contributed by atoms with Crippen LogP contribution in [-0.4, -0.2) is 71.0 Å². The topological polar surface area (TPSA) is 84.9 Å². The van der Waals surface area contributed by atoms with Gasteiger partial charge in [-0.15, -0.1) is 0 Å². The van der Waals surface area contributed by atoms with E-state index in [2.05, 4.69) is 24.1 Å². The van der Waals surface area contributed by atoms with E-state index in [4.69, 9.17) is 9.47 Å². The largest absolute Gasteiger partial charge is 0.494 e. The zero-order chi connectivity index (χ0) is 20.6. The molecular formula is C20H32N2O5S. The lowest BCUT2D eigenvalue weighted by Gasteiger charge is -2.36. The molecule has 1 saturated heterocycles. The molecule has 2 rings (SSSR count). The quantitative estimate of drug-likeness (QED) is 0.589. The van der Waals surface area contributed by atoms with Crippen LogP contribution in [0.1, 0.15) is 26.7 Å². The highest BCUT2D eigenvalue weighted by molar-refractivity contribution is 7.90. The fraction of sp³-hybridized carbons (Fsp3) is 0.650. The minimum atomic E-state index is -3.20. The second kappa shape index (κ2) is 10.8. The molecule has 7 nitrogen and oxygen atoms in total. The van der Waals surface area contributed by atoms with Gasteiger partial charge in [-0.25, -0.2) is 8.42 Å². The first-order valence-electron chi connectivity index (χ1n) is 9.79. The smallest absolute Gasteiger partial charge is 0.220 e. The molecule has 1 unspecified atom stereocenters. The van der Waals surface area contributed by atoms with Crippen LogP contribution >= 0.6 is 0 Å². The first kappa shape index (κ1) is 22.6. The second-order valence-corrected chi connectivity index (χ2v) is 9.48. The summed E-state index contributed by atoms with van der Waals surface area (Å²) in [5, 5.41) is 3.04. The van der Waals surface area contributed by atoms with Crippen LogP contribution in [-0.2, 0) is 19.4 Å². The third-order valence-electron chi connectivity index (χ3n) is 4.86. The molecule has 1 amide bonds. The van der Waals surface area contributed by atoms with E-state index in [1.165, 1.54) is 18.4 Å². The Morgan fingerprint density at radius 2 is 1.86 bits per heavy atom.